The third-order valence-corrected chi connectivity index (χ3v) is 5.44. The van der Waals surface area contributed by atoms with Crippen LogP contribution in [0, 0.1) is 0 Å². The summed E-state index contributed by atoms with van der Waals surface area (Å²) in [6.07, 6.45) is 4.76. The van der Waals surface area contributed by atoms with E-state index in [0.717, 1.165) is 23.7 Å². The number of amides is 2. The first-order valence-electron chi connectivity index (χ1n) is 9.67. The number of carbonyl (C=O) groups is 2. The predicted molar refractivity (Wildman–Crippen MR) is 117 cm³/mol. The lowest BCUT2D eigenvalue weighted by Crippen LogP contribution is -2.26. The fraction of sp³-hybridized carbons (Fsp3) is 0.227. The highest BCUT2D eigenvalue weighted by molar-refractivity contribution is 7.98. The van der Waals surface area contributed by atoms with E-state index in [1.165, 1.54) is 11.8 Å². The van der Waals surface area contributed by atoms with E-state index in [0.29, 0.717) is 23.7 Å². The summed E-state index contributed by atoms with van der Waals surface area (Å²) in [4.78, 5) is 29.4. The summed E-state index contributed by atoms with van der Waals surface area (Å²) in [6.45, 7) is 0.626. The van der Waals surface area contributed by atoms with Crippen molar-refractivity contribution in [1.29, 1.82) is 0 Å². The molecule has 3 aromatic rings. The number of nitrogens with one attached hydrogen (secondary N) is 2. The maximum absolute atomic E-state index is 12.9. The SMILES string of the molecule is CSc1ncc(C(=O)Nc2ccc(NC(=O)C3CCCO3)cc2)n1-c1ccccc1. The fourth-order valence-electron chi connectivity index (χ4n) is 3.30. The van der Waals surface area contributed by atoms with Crippen molar-refractivity contribution >= 4 is 35.0 Å². The highest BCUT2D eigenvalue weighted by atomic mass is 32.2. The molecule has 0 radical (unpaired) electrons. The zero-order chi connectivity index (χ0) is 20.9. The van der Waals surface area contributed by atoms with Crippen LogP contribution in [0.25, 0.3) is 5.69 Å². The minimum Gasteiger partial charge on any atom is -0.368 e. The fourth-order valence-corrected chi connectivity index (χ4v) is 3.85. The van der Waals surface area contributed by atoms with Gasteiger partial charge in [-0.05, 0) is 55.5 Å². The number of thioether (sulfide) groups is 1. The van der Waals surface area contributed by atoms with Crippen LogP contribution in [0.2, 0.25) is 0 Å². The van der Waals surface area contributed by atoms with E-state index in [4.69, 9.17) is 4.74 Å². The molecule has 2 N–H and O–H groups in total. The molecular weight excluding hydrogens is 400 g/mol. The smallest absolute Gasteiger partial charge is 0.274 e. The Morgan fingerprint density at radius 3 is 2.40 bits per heavy atom. The van der Waals surface area contributed by atoms with Gasteiger partial charge in [-0.1, -0.05) is 30.0 Å². The number of imidazole rings is 1. The van der Waals surface area contributed by atoms with Crippen molar-refractivity contribution in [3.8, 4) is 5.69 Å². The third kappa shape index (κ3) is 4.39. The minimum atomic E-state index is -0.381. The lowest BCUT2D eigenvalue weighted by Gasteiger charge is -2.12. The summed E-state index contributed by atoms with van der Waals surface area (Å²) in [7, 11) is 0. The molecular formula is C22H22N4O3S. The first kappa shape index (κ1) is 20.2. The molecule has 7 nitrogen and oxygen atoms in total. The van der Waals surface area contributed by atoms with E-state index in [1.807, 2.05) is 41.2 Å². The first-order valence-corrected chi connectivity index (χ1v) is 10.9. The van der Waals surface area contributed by atoms with Crippen molar-refractivity contribution in [3.63, 3.8) is 0 Å². The van der Waals surface area contributed by atoms with Gasteiger partial charge in [-0.15, -0.1) is 0 Å². The second kappa shape index (κ2) is 9.15. The molecule has 1 unspecified atom stereocenters. The Kier molecular flexibility index (Phi) is 6.15. The molecule has 1 aliphatic rings. The molecule has 8 heteroatoms. The molecule has 4 rings (SSSR count). The Labute approximate surface area is 178 Å². The Morgan fingerprint density at radius 2 is 1.77 bits per heavy atom. The van der Waals surface area contributed by atoms with Crippen LogP contribution in [-0.2, 0) is 9.53 Å². The highest BCUT2D eigenvalue weighted by Gasteiger charge is 2.23. The lowest BCUT2D eigenvalue weighted by molar-refractivity contribution is -0.124. The number of nitrogens with zero attached hydrogens (tertiary/aromatic N) is 2. The summed E-state index contributed by atoms with van der Waals surface area (Å²) >= 11 is 1.47. The Balaban J connectivity index is 1.47. The van der Waals surface area contributed by atoms with Gasteiger partial charge in [0, 0.05) is 23.7 Å². The molecule has 154 valence electrons. The number of hydrogen-bond donors (Lipinski definition) is 2. The molecule has 2 aromatic carbocycles. The summed E-state index contributed by atoms with van der Waals surface area (Å²) in [5.74, 6) is -0.400. The van der Waals surface area contributed by atoms with E-state index in [1.54, 1.807) is 30.5 Å². The Hall–Kier alpha value is -3.10. The monoisotopic (exact) mass is 422 g/mol. The standard InChI is InChI=1S/C22H22N4O3S/c1-30-22-23-14-18(26(22)17-6-3-2-4-7-17)20(27)24-15-9-11-16(12-10-15)25-21(28)19-8-5-13-29-19/h2-4,6-7,9-12,14,19H,5,8,13H2,1H3,(H,24,27)(H,25,28). The second-order valence-corrected chi connectivity index (χ2v) is 7.60. The van der Waals surface area contributed by atoms with Gasteiger partial charge < -0.3 is 15.4 Å². The number of benzene rings is 2. The average Bonchev–Trinajstić information content (AvgIpc) is 3.46. The van der Waals surface area contributed by atoms with Crippen LogP contribution in [-0.4, -0.2) is 40.3 Å². The van der Waals surface area contributed by atoms with Gasteiger partial charge in [0.05, 0.1) is 6.20 Å². The number of aromatic nitrogens is 2. The van der Waals surface area contributed by atoms with E-state index in [-0.39, 0.29) is 17.9 Å². The van der Waals surface area contributed by atoms with Crippen LogP contribution in [0.4, 0.5) is 11.4 Å². The van der Waals surface area contributed by atoms with Crippen LogP contribution in [0.5, 0.6) is 0 Å². The van der Waals surface area contributed by atoms with Gasteiger partial charge in [0.25, 0.3) is 11.8 Å². The molecule has 1 saturated heterocycles. The molecule has 0 bridgehead atoms. The number of carbonyl (C=O) groups excluding carboxylic acids is 2. The zero-order valence-corrected chi connectivity index (χ0v) is 17.3. The quantitative estimate of drug-likeness (QED) is 0.587. The van der Waals surface area contributed by atoms with E-state index >= 15 is 0 Å². The molecule has 2 amide bonds. The maximum atomic E-state index is 12.9. The molecule has 1 atom stereocenters. The summed E-state index contributed by atoms with van der Waals surface area (Å²) in [5, 5.41) is 6.47. The summed E-state index contributed by atoms with van der Waals surface area (Å²) in [6, 6.07) is 16.7. The molecule has 1 fully saturated rings. The summed E-state index contributed by atoms with van der Waals surface area (Å²) in [5.41, 5.74) is 2.60. The predicted octanol–water partition coefficient (Wildman–Crippen LogP) is 3.96. The van der Waals surface area contributed by atoms with Gasteiger partial charge in [-0.2, -0.15) is 0 Å². The Bertz CT molecular complexity index is 1030. The topological polar surface area (TPSA) is 85.2 Å². The van der Waals surface area contributed by atoms with E-state index in [2.05, 4.69) is 15.6 Å². The van der Waals surface area contributed by atoms with Gasteiger partial charge in [0.1, 0.15) is 11.8 Å². The van der Waals surface area contributed by atoms with Crippen LogP contribution in [0.15, 0.2) is 66.0 Å². The van der Waals surface area contributed by atoms with Gasteiger partial charge in [-0.25, -0.2) is 4.98 Å². The van der Waals surface area contributed by atoms with E-state index < -0.39 is 0 Å². The van der Waals surface area contributed by atoms with Crippen LogP contribution in [0.1, 0.15) is 23.3 Å². The number of rotatable bonds is 6. The van der Waals surface area contributed by atoms with Gasteiger partial charge >= 0.3 is 0 Å². The van der Waals surface area contributed by atoms with Crippen LogP contribution in [0.3, 0.4) is 0 Å². The van der Waals surface area contributed by atoms with E-state index in [9.17, 15) is 9.59 Å². The average molecular weight is 423 g/mol. The van der Waals surface area contributed by atoms with Crippen molar-refractivity contribution in [2.75, 3.05) is 23.5 Å². The van der Waals surface area contributed by atoms with Gasteiger partial charge in [0.15, 0.2) is 5.16 Å². The second-order valence-electron chi connectivity index (χ2n) is 6.82. The largest absolute Gasteiger partial charge is 0.368 e. The van der Waals surface area contributed by atoms with Crippen molar-refractivity contribution in [2.24, 2.45) is 0 Å². The van der Waals surface area contributed by atoms with Crippen molar-refractivity contribution < 1.29 is 14.3 Å². The maximum Gasteiger partial charge on any atom is 0.274 e. The van der Waals surface area contributed by atoms with Crippen molar-refractivity contribution in [3.05, 3.63) is 66.5 Å². The summed E-state index contributed by atoms with van der Waals surface area (Å²) < 4.78 is 7.22. The molecule has 0 aliphatic carbocycles. The minimum absolute atomic E-state index is 0.138. The van der Waals surface area contributed by atoms with Gasteiger partial charge in [-0.3, -0.25) is 14.2 Å². The molecule has 1 aliphatic heterocycles. The first-order chi connectivity index (χ1) is 14.7. The highest BCUT2D eigenvalue weighted by Crippen LogP contribution is 2.23. The lowest BCUT2D eigenvalue weighted by atomic mass is 10.2. The number of hydrogen-bond acceptors (Lipinski definition) is 5. The number of ether oxygens (including phenoxy) is 1. The Morgan fingerprint density at radius 1 is 1.07 bits per heavy atom. The van der Waals surface area contributed by atoms with Crippen LogP contribution >= 0.6 is 11.8 Å². The molecule has 30 heavy (non-hydrogen) atoms. The molecule has 1 aromatic heterocycles. The normalized spacial score (nSPS) is 15.7. The molecule has 0 spiro atoms. The van der Waals surface area contributed by atoms with Crippen molar-refractivity contribution in [2.45, 2.75) is 24.1 Å². The van der Waals surface area contributed by atoms with Crippen LogP contribution < -0.4 is 10.6 Å². The van der Waals surface area contributed by atoms with Gasteiger partial charge in [0.2, 0.25) is 0 Å². The van der Waals surface area contributed by atoms with Crippen molar-refractivity contribution in [1.82, 2.24) is 9.55 Å². The number of para-hydroxylation sites is 1. The zero-order valence-electron chi connectivity index (χ0n) is 16.5. The molecule has 2 heterocycles. The molecule has 0 saturated carbocycles. The number of anilines is 2. The third-order valence-electron chi connectivity index (χ3n) is 4.79.